The fraction of sp³-hybridized carbons (Fsp3) is 0.600. The highest BCUT2D eigenvalue weighted by molar-refractivity contribution is 9.10. The largest absolute Gasteiger partial charge is 0.323 e. The van der Waals surface area contributed by atoms with Crippen molar-refractivity contribution in [2.75, 3.05) is 0 Å². The van der Waals surface area contributed by atoms with E-state index < -0.39 is 0 Å². The van der Waals surface area contributed by atoms with E-state index in [9.17, 15) is 0 Å². The Balaban J connectivity index is 2.14. The Morgan fingerprint density at radius 3 is 2.69 bits per heavy atom. The molecule has 0 aromatic carbocycles. The van der Waals surface area contributed by atoms with E-state index in [0.717, 1.165) is 5.92 Å². The molecule has 1 heterocycles. The van der Waals surface area contributed by atoms with Gasteiger partial charge in [0.2, 0.25) is 0 Å². The molecule has 1 saturated carbocycles. The number of hydrogen-bond donors (Lipinski definition) is 1. The van der Waals surface area contributed by atoms with Crippen LogP contribution in [-0.4, -0.2) is 0 Å². The van der Waals surface area contributed by atoms with Crippen LogP contribution in [0.3, 0.4) is 0 Å². The van der Waals surface area contributed by atoms with Crippen LogP contribution in [0.4, 0.5) is 0 Å². The number of hydrogen-bond acceptors (Lipinski definition) is 2. The maximum absolute atomic E-state index is 6.17. The standard InChI is InChI=1S/C10H14BrNS/c1-6-8(11)5-9(13-6)10(12)7-3-2-4-7/h5,7,10H,2-4,12H2,1H3. The van der Waals surface area contributed by atoms with Gasteiger partial charge in [-0.05, 0) is 47.7 Å². The number of nitrogens with two attached hydrogens (primary N) is 1. The van der Waals surface area contributed by atoms with Crippen molar-refractivity contribution in [1.29, 1.82) is 0 Å². The highest BCUT2D eigenvalue weighted by Crippen LogP contribution is 2.40. The summed E-state index contributed by atoms with van der Waals surface area (Å²) in [7, 11) is 0. The van der Waals surface area contributed by atoms with Crippen LogP contribution < -0.4 is 5.73 Å². The van der Waals surface area contributed by atoms with E-state index in [0.29, 0.717) is 0 Å². The number of aryl methyl sites for hydroxylation is 1. The van der Waals surface area contributed by atoms with E-state index in [4.69, 9.17) is 5.73 Å². The third kappa shape index (κ3) is 1.83. The van der Waals surface area contributed by atoms with Gasteiger partial charge in [0.25, 0.3) is 0 Å². The van der Waals surface area contributed by atoms with Gasteiger partial charge < -0.3 is 5.73 Å². The van der Waals surface area contributed by atoms with Crippen molar-refractivity contribution in [3.05, 3.63) is 20.3 Å². The topological polar surface area (TPSA) is 26.0 Å². The molecule has 0 saturated heterocycles. The molecule has 0 amide bonds. The molecule has 13 heavy (non-hydrogen) atoms. The summed E-state index contributed by atoms with van der Waals surface area (Å²) in [5, 5.41) is 0. The van der Waals surface area contributed by atoms with Gasteiger partial charge in [-0.15, -0.1) is 11.3 Å². The van der Waals surface area contributed by atoms with Crippen molar-refractivity contribution < 1.29 is 0 Å². The summed E-state index contributed by atoms with van der Waals surface area (Å²) in [5.41, 5.74) is 6.17. The van der Waals surface area contributed by atoms with Crippen molar-refractivity contribution in [1.82, 2.24) is 0 Å². The van der Waals surface area contributed by atoms with Crippen LogP contribution in [0.5, 0.6) is 0 Å². The highest BCUT2D eigenvalue weighted by atomic mass is 79.9. The summed E-state index contributed by atoms with van der Waals surface area (Å²) in [6, 6.07) is 2.46. The first kappa shape index (κ1) is 9.69. The van der Waals surface area contributed by atoms with E-state index in [1.165, 1.54) is 33.5 Å². The SMILES string of the molecule is Cc1sc(C(N)C2CCC2)cc1Br. The molecule has 72 valence electrons. The first-order valence-electron chi connectivity index (χ1n) is 4.70. The van der Waals surface area contributed by atoms with Crippen LogP contribution in [0, 0.1) is 12.8 Å². The van der Waals surface area contributed by atoms with Crippen LogP contribution in [0.2, 0.25) is 0 Å². The van der Waals surface area contributed by atoms with Crippen LogP contribution in [0.15, 0.2) is 10.5 Å². The lowest BCUT2D eigenvalue weighted by Gasteiger charge is -2.30. The van der Waals surface area contributed by atoms with E-state index in [1.54, 1.807) is 0 Å². The molecule has 1 unspecified atom stereocenters. The monoisotopic (exact) mass is 259 g/mol. The molecule has 1 aliphatic carbocycles. The van der Waals surface area contributed by atoms with Crippen LogP contribution in [0.25, 0.3) is 0 Å². The van der Waals surface area contributed by atoms with Crippen molar-refractivity contribution >= 4 is 27.3 Å². The molecule has 1 aromatic heterocycles. The molecule has 0 bridgehead atoms. The third-order valence-corrected chi connectivity index (χ3v) is 5.10. The second-order valence-corrected chi connectivity index (χ2v) is 5.91. The molecule has 1 atom stereocenters. The molecule has 3 heteroatoms. The summed E-state index contributed by atoms with van der Waals surface area (Å²) in [5.74, 6) is 0.741. The maximum Gasteiger partial charge on any atom is 0.0418 e. The molecule has 1 aliphatic rings. The van der Waals surface area contributed by atoms with Crippen molar-refractivity contribution in [2.24, 2.45) is 11.7 Å². The van der Waals surface area contributed by atoms with Gasteiger partial charge in [-0.2, -0.15) is 0 Å². The number of halogens is 1. The van der Waals surface area contributed by atoms with Gasteiger partial charge in [0.05, 0.1) is 0 Å². The lowest BCUT2D eigenvalue weighted by atomic mass is 9.79. The van der Waals surface area contributed by atoms with Gasteiger partial charge in [0.15, 0.2) is 0 Å². The van der Waals surface area contributed by atoms with Crippen molar-refractivity contribution in [3.8, 4) is 0 Å². The molecule has 0 spiro atoms. The lowest BCUT2D eigenvalue weighted by Crippen LogP contribution is -2.25. The van der Waals surface area contributed by atoms with E-state index in [-0.39, 0.29) is 6.04 Å². The predicted octanol–water partition coefficient (Wildman–Crippen LogP) is 3.62. The molecular formula is C10H14BrNS. The molecule has 0 aliphatic heterocycles. The molecule has 2 N–H and O–H groups in total. The third-order valence-electron chi connectivity index (χ3n) is 2.86. The Hall–Kier alpha value is 0.140. The Labute approximate surface area is 91.5 Å². The average molecular weight is 260 g/mol. The Bertz CT molecular complexity index is 284. The molecule has 1 fully saturated rings. The molecule has 1 nitrogen and oxygen atoms in total. The number of rotatable bonds is 2. The zero-order valence-electron chi connectivity index (χ0n) is 7.72. The average Bonchev–Trinajstić information content (AvgIpc) is 2.28. The quantitative estimate of drug-likeness (QED) is 0.863. The van der Waals surface area contributed by atoms with Gasteiger partial charge in [0, 0.05) is 20.3 Å². The summed E-state index contributed by atoms with van der Waals surface area (Å²) >= 11 is 5.36. The maximum atomic E-state index is 6.17. The van der Waals surface area contributed by atoms with Crippen LogP contribution >= 0.6 is 27.3 Å². The lowest BCUT2D eigenvalue weighted by molar-refractivity contribution is 0.267. The summed E-state index contributed by atoms with van der Waals surface area (Å²) in [6.07, 6.45) is 4.00. The zero-order chi connectivity index (χ0) is 9.42. The molecule has 2 rings (SSSR count). The molecule has 1 aromatic rings. The van der Waals surface area contributed by atoms with Gasteiger partial charge in [-0.1, -0.05) is 6.42 Å². The minimum atomic E-state index is 0.281. The molecule has 0 radical (unpaired) electrons. The second-order valence-electron chi connectivity index (χ2n) is 3.77. The van der Waals surface area contributed by atoms with Crippen molar-refractivity contribution in [3.63, 3.8) is 0 Å². The Morgan fingerprint density at radius 2 is 2.31 bits per heavy atom. The predicted molar refractivity (Wildman–Crippen MR) is 61.0 cm³/mol. The zero-order valence-corrected chi connectivity index (χ0v) is 10.1. The fourth-order valence-corrected chi connectivity index (χ4v) is 3.33. The van der Waals surface area contributed by atoms with Gasteiger partial charge in [0.1, 0.15) is 0 Å². The minimum Gasteiger partial charge on any atom is -0.323 e. The minimum absolute atomic E-state index is 0.281. The summed E-state index contributed by atoms with van der Waals surface area (Å²) < 4.78 is 1.21. The van der Waals surface area contributed by atoms with Gasteiger partial charge >= 0.3 is 0 Å². The van der Waals surface area contributed by atoms with E-state index >= 15 is 0 Å². The number of thiophene rings is 1. The first-order chi connectivity index (χ1) is 6.18. The Kier molecular flexibility index (Phi) is 2.77. The Morgan fingerprint density at radius 1 is 1.62 bits per heavy atom. The summed E-state index contributed by atoms with van der Waals surface area (Å²) in [4.78, 5) is 2.68. The highest BCUT2D eigenvalue weighted by Gasteiger charge is 2.26. The van der Waals surface area contributed by atoms with Crippen molar-refractivity contribution in [2.45, 2.75) is 32.2 Å². The fourth-order valence-electron chi connectivity index (χ4n) is 1.68. The second kappa shape index (κ2) is 3.71. The summed E-state index contributed by atoms with van der Waals surface area (Å²) in [6.45, 7) is 2.13. The normalized spacial score (nSPS) is 19.9. The van der Waals surface area contributed by atoms with Crippen LogP contribution in [-0.2, 0) is 0 Å². The van der Waals surface area contributed by atoms with Gasteiger partial charge in [-0.25, -0.2) is 0 Å². The van der Waals surface area contributed by atoms with Crippen LogP contribution in [0.1, 0.15) is 35.1 Å². The first-order valence-corrected chi connectivity index (χ1v) is 6.31. The molecular weight excluding hydrogens is 246 g/mol. The smallest absolute Gasteiger partial charge is 0.0418 e. The van der Waals surface area contributed by atoms with E-state index in [2.05, 4.69) is 28.9 Å². The van der Waals surface area contributed by atoms with Gasteiger partial charge in [-0.3, -0.25) is 0 Å². The van der Waals surface area contributed by atoms with E-state index in [1.807, 2.05) is 11.3 Å².